The molecule has 2 amide bonds. The van der Waals surface area contributed by atoms with Crippen molar-refractivity contribution >= 4 is 23.4 Å². The molecule has 8 heteroatoms. The minimum Gasteiger partial charge on any atom is -0.450 e. The van der Waals surface area contributed by atoms with Crippen LogP contribution in [0.5, 0.6) is 0 Å². The molecule has 0 aliphatic heterocycles. The molecule has 0 saturated carbocycles. The number of benzene rings is 1. The Hall–Kier alpha value is -3.55. The van der Waals surface area contributed by atoms with Crippen LogP contribution in [0.4, 0.5) is 16.2 Å². The lowest BCUT2D eigenvalue weighted by Crippen LogP contribution is -2.16. The van der Waals surface area contributed by atoms with Crippen molar-refractivity contribution in [3.8, 4) is 5.82 Å². The van der Waals surface area contributed by atoms with E-state index in [0.29, 0.717) is 28.5 Å². The quantitative estimate of drug-likeness (QED) is 0.661. The molecule has 0 radical (unpaired) electrons. The van der Waals surface area contributed by atoms with Crippen molar-refractivity contribution in [3.63, 3.8) is 0 Å². The summed E-state index contributed by atoms with van der Waals surface area (Å²) in [6, 6.07) is 8.91. The summed E-state index contributed by atoms with van der Waals surface area (Å²) < 4.78 is 11.9. The second kappa shape index (κ2) is 8.22. The van der Waals surface area contributed by atoms with Crippen LogP contribution in [0.25, 0.3) is 5.82 Å². The summed E-state index contributed by atoms with van der Waals surface area (Å²) in [5.74, 6) is 1.08. The van der Waals surface area contributed by atoms with Gasteiger partial charge < -0.3 is 14.6 Å². The summed E-state index contributed by atoms with van der Waals surface area (Å²) in [7, 11) is 0. The van der Waals surface area contributed by atoms with Crippen LogP contribution in [-0.2, 0) is 4.74 Å². The summed E-state index contributed by atoms with van der Waals surface area (Å²) in [5, 5.41) is 9.64. The van der Waals surface area contributed by atoms with Gasteiger partial charge in [-0.1, -0.05) is 11.2 Å². The molecule has 0 saturated heterocycles. The van der Waals surface area contributed by atoms with E-state index in [0.717, 1.165) is 17.0 Å². The number of ether oxygens (including phenoxy) is 1. The standard InChI is InChI=1S/C21H24N4O4/c1-6-28-21(27)23-18-9-7-8-17(14(18)4)22-20(26)16-10-12(2)25(15(16)5)19-11-13(3)29-24-19/h7-11H,6H2,1-5H3,(H,22,26)(H,23,27). The Bertz CT molecular complexity index is 1060. The Morgan fingerprint density at radius 3 is 2.41 bits per heavy atom. The fourth-order valence-corrected chi connectivity index (χ4v) is 3.18. The average Bonchev–Trinajstić information content (AvgIpc) is 3.21. The summed E-state index contributed by atoms with van der Waals surface area (Å²) in [5.41, 5.74) is 4.07. The maximum atomic E-state index is 12.9. The van der Waals surface area contributed by atoms with Gasteiger partial charge in [-0.05, 0) is 58.4 Å². The molecule has 0 atom stereocenters. The van der Waals surface area contributed by atoms with Crippen molar-refractivity contribution in [2.75, 3.05) is 17.2 Å². The van der Waals surface area contributed by atoms with E-state index in [1.807, 2.05) is 44.4 Å². The maximum absolute atomic E-state index is 12.9. The topological polar surface area (TPSA) is 98.4 Å². The number of nitrogens with one attached hydrogen (secondary N) is 2. The van der Waals surface area contributed by atoms with E-state index in [9.17, 15) is 9.59 Å². The van der Waals surface area contributed by atoms with Gasteiger partial charge in [0.15, 0.2) is 5.82 Å². The highest BCUT2D eigenvalue weighted by Gasteiger charge is 2.19. The van der Waals surface area contributed by atoms with Gasteiger partial charge in [0.1, 0.15) is 5.76 Å². The first-order valence-electron chi connectivity index (χ1n) is 9.29. The zero-order chi connectivity index (χ0) is 21.1. The van der Waals surface area contributed by atoms with Crippen LogP contribution < -0.4 is 10.6 Å². The van der Waals surface area contributed by atoms with Crippen LogP contribution in [0.15, 0.2) is 34.9 Å². The van der Waals surface area contributed by atoms with E-state index in [1.54, 1.807) is 25.1 Å². The van der Waals surface area contributed by atoms with Crippen molar-refractivity contribution < 1.29 is 18.8 Å². The largest absolute Gasteiger partial charge is 0.450 e. The predicted molar refractivity (Wildman–Crippen MR) is 110 cm³/mol. The van der Waals surface area contributed by atoms with Crippen LogP contribution in [-0.4, -0.2) is 28.3 Å². The van der Waals surface area contributed by atoms with Crippen molar-refractivity contribution in [1.82, 2.24) is 9.72 Å². The van der Waals surface area contributed by atoms with Gasteiger partial charge >= 0.3 is 6.09 Å². The molecule has 152 valence electrons. The average molecular weight is 396 g/mol. The van der Waals surface area contributed by atoms with Crippen molar-refractivity contribution in [3.05, 3.63) is 58.6 Å². The molecule has 0 aliphatic carbocycles. The van der Waals surface area contributed by atoms with Gasteiger partial charge in [-0.15, -0.1) is 0 Å². The van der Waals surface area contributed by atoms with Gasteiger partial charge in [-0.25, -0.2) is 4.79 Å². The number of aromatic nitrogens is 2. The summed E-state index contributed by atoms with van der Waals surface area (Å²) in [6.45, 7) is 9.42. The molecule has 2 aromatic heterocycles. The Morgan fingerprint density at radius 1 is 1.10 bits per heavy atom. The SMILES string of the molecule is CCOC(=O)Nc1cccc(NC(=O)c2cc(C)n(-c3cc(C)on3)c2C)c1C. The molecule has 8 nitrogen and oxygen atoms in total. The van der Waals surface area contributed by atoms with E-state index in [2.05, 4.69) is 15.8 Å². The molecule has 3 rings (SSSR count). The highest BCUT2D eigenvalue weighted by molar-refractivity contribution is 6.06. The van der Waals surface area contributed by atoms with Gasteiger partial charge in [0.05, 0.1) is 12.2 Å². The van der Waals surface area contributed by atoms with Crippen molar-refractivity contribution in [1.29, 1.82) is 0 Å². The van der Waals surface area contributed by atoms with E-state index in [1.165, 1.54) is 0 Å². The van der Waals surface area contributed by atoms with E-state index in [4.69, 9.17) is 9.26 Å². The number of hydrogen-bond acceptors (Lipinski definition) is 5. The van der Waals surface area contributed by atoms with Gasteiger partial charge in [0.2, 0.25) is 0 Å². The van der Waals surface area contributed by atoms with Crippen LogP contribution in [0, 0.1) is 27.7 Å². The molecular weight excluding hydrogens is 372 g/mol. The molecule has 3 aromatic rings. The monoisotopic (exact) mass is 396 g/mol. The first kappa shape index (κ1) is 20.2. The lowest BCUT2D eigenvalue weighted by molar-refractivity contribution is 0.102. The number of amides is 2. The third-order valence-corrected chi connectivity index (χ3v) is 4.61. The molecule has 1 aromatic carbocycles. The number of carbonyl (C=O) groups excluding carboxylic acids is 2. The maximum Gasteiger partial charge on any atom is 0.411 e. The molecule has 29 heavy (non-hydrogen) atoms. The van der Waals surface area contributed by atoms with Crippen molar-refractivity contribution in [2.24, 2.45) is 0 Å². The van der Waals surface area contributed by atoms with Crippen LogP contribution in [0.1, 0.15) is 40.0 Å². The normalized spacial score (nSPS) is 10.7. The van der Waals surface area contributed by atoms with E-state index in [-0.39, 0.29) is 12.5 Å². The Balaban J connectivity index is 1.85. The number of aryl methyl sites for hydroxylation is 2. The molecule has 0 spiro atoms. The van der Waals surface area contributed by atoms with Crippen LogP contribution in [0.2, 0.25) is 0 Å². The van der Waals surface area contributed by atoms with Gasteiger partial charge in [0, 0.05) is 28.8 Å². The third kappa shape index (κ3) is 4.16. The highest BCUT2D eigenvalue weighted by Crippen LogP contribution is 2.26. The zero-order valence-corrected chi connectivity index (χ0v) is 17.1. The van der Waals surface area contributed by atoms with Gasteiger partial charge in [0.25, 0.3) is 5.91 Å². The second-order valence-corrected chi connectivity index (χ2v) is 6.69. The minimum absolute atomic E-state index is 0.249. The van der Waals surface area contributed by atoms with Gasteiger partial charge in [-0.2, -0.15) is 0 Å². The molecule has 0 fully saturated rings. The molecule has 0 unspecified atom stereocenters. The molecule has 2 N–H and O–H groups in total. The highest BCUT2D eigenvalue weighted by atomic mass is 16.5. The smallest absolute Gasteiger partial charge is 0.411 e. The summed E-state index contributed by atoms with van der Waals surface area (Å²) in [6.07, 6.45) is -0.537. The predicted octanol–water partition coefficient (Wildman–Crippen LogP) is 4.52. The Morgan fingerprint density at radius 2 is 1.79 bits per heavy atom. The molecular formula is C21H24N4O4. The molecule has 2 heterocycles. The first-order valence-corrected chi connectivity index (χ1v) is 9.29. The summed E-state index contributed by atoms with van der Waals surface area (Å²) >= 11 is 0. The van der Waals surface area contributed by atoms with Crippen LogP contribution >= 0.6 is 0 Å². The van der Waals surface area contributed by atoms with Crippen LogP contribution in [0.3, 0.4) is 0 Å². The number of nitrogens with zero attached hydrogens (tertiary/aromatic N) is 2. The lowest BCUT2D eigenvalue weighted by Gasteiger charge is -2.13. The van der Waals surface area contributed by atoms with Gasteiger partial charge in [-0.3, -0.25) is 14.7 Å². The Labute approximate surface area is 168 Å². The fourth-order valence-electron chi connectivity index (χ4n) is 3.18. The lowest BCUT2D eigenvalue weighted by atomic mass is 10.1. The van der Waals surface area contributed by atoms with E-state index >= 15 is 0 Å². The number of anilines is 2. The number of carbonyl (C=O) groups is 2. The molecule has 0 bridgehead atoms. The van der Waals surface area contributed by atoms with Crippen molar-refractivity contribution in [2.45, 2.75) is 34.6 Å². The number of hydrogen-bond donors (Lipinski definition) is 2. The Kier molecular flexibility index (Phi) is 5.72. The first-order chi connectivity index (χ1) is 13.8. The minimum atomic E-state index is -0.537. The van der Waals surface area contributed by atoms with E-state index < -0.39 is 6.09 Å². The third-order valence-electron chi connectivity index (χ3n) is 4.61. The second-order valence-electron chi connectivity index (χ2n) is 6.69. The zero-order valence-electron chi connectivity index (χ0n) is 17.1. The fraction of sp³-hybridized carbons (Fsp3) is 0.286. The molecule has 0 aliphatic rings. The number of rotatable bonds is 5. The summed E-state index contributed by atoms with van der Waals surface area (Å²) in [4.78, 5) is 24.6.